The minimum atomic E-state index is -4.72. The highest BCUT2D eigenvalue weighted by molar-refractivity contribution is 5.93. The number of hydrogen-bond acceptors (Lipinski definition) is 4. The highest BCUT2D eigenvalue weighted by atomic mass is 19.4. The number of benzene rings is 1. The number of aromatic nitrogens is 1. The number of carbonyl (C=O) groups is 1. The van der Waals surface area contributed by atoms with Gasteiger partial charge in [0.2, 0.25) is 0 Å². The van der Waals surface area contributed by atoms with Crippen molar-refractivity contribution in [1.29, 1.82) is 0 Å². The van der Waals surface area contributed by atoms with Crippen molar-refractivity contribution in [2.24, 2.45) is 0 Å². The number of phenols is 1. The van der Waals surface area contributed by atoms with Crippen LogP contribution in [-0.4, -0.2) is 21.2 Å². The number of aromatic carboxylic acids is 1. The molecule has 2 aromatic rings. The molecule has 1 aromatic carbocycles. The first-order chi connectivity index (χ1) is 9.79. The van der Waals surface area contributed by atoms with Crippen LogP contribution in [0.1, 0.15) is 15.9 Å². The zero-order valence-electron chi connectivity index (χ0n) is 10.3. The van der Waals surface area contributed by atoms with Crippen LogP contribution in [0.15, 0.2) is 36.5 Å². The fraction of sp³-hybridized carbons (Fsp3) is 0.0769. The van der Waals surface area contributed by atoms with Gasteiger partial charge < -0.3 is 15.5 Å². The van der Waals surface area contributed by atoms with Gasteiger partial charge >= 0.3 is 12.1 Å². The fourth-order valence-corrected chi connectivity index (χ4v) is 1.66. The summed E-state index contributed by atoms with van der Waals surface area (Å²) in [4.78, 5) is 14.8. The summed E-state index contributed by atoms with van der Waals surface area (Å²) in [5, 5.41) is 20.7. The first-order valence-corrected chi connectivity index (χ1v) is 5.64. The number of anilines is 2. The van der Waals surface area contributed by atoms with E-state index in [0.717, 1.165) is 6.07 Å². The van der Waals surface area contributed by atoms with Gasteiger partial charge in [0.25, 0.3) is 0 Å². The molecule has 110 valence electrons. The molecule has 3 N–H and O–H groups in total. The summed E-state index contributed by atoms with van der Waals surface area (Å²) in [7, 11) is 0. The number of rotatable bonds is 3. The van der Waals surface area contributed by atoms with Crippen LogP contribution in [0.4, 0.5) is 24.7 Å². The van der Waals surface area contributed by atoms with Gasteiger partial charge in [-0.25, -0.2) is 9.78 Å². The van der Waals surface area contributed by atoms with Crippen LogP contribution < -0.4 is 5.32 Å². The minimum absolute atomic E-state index is 0.0404. The van der Waals surface area contributed by atoms with Gasteiger partial charge in [0.05, 0.1) is 5.56 Å². The number of nitrogens with one attached hydrogen (secondary N) is 1. The Morgan fingerprint density at radius 1 is 1.24 bits per heavy atom. The molecule has 0 spiro atoms. The number of aromatic hydroxyl groups is 1. The summed E-state index contributed by atoms with van der Waals surface area (Å²) < 4.78 is 38.0. The van der Waals surface area contributed by atoms with Crippen molar-refractivity contribution in [3.63, 3.8) is 0 Å². The molecule has 0 atom stereocenters. The number of phenolic OH excluding ortho intramolecular Hbond substituents is 1. The Bertz CT molecular complexity index is 687. The van der Waals surface area contributed by atoms with Gasteiger partial charge in [0.1, 0.15) is 17.1 Å². The highest BCUT2D eigenvalue weighted by Crippen LogP contribution is 2.37. The third-order valence-electron chi connectivity index (χ3n) is 2.60. The van der Waals surface area contributed by atoms with E-state index in [4.69, 9.17) is 5.11 Å². The minimum Gasteiger partial charge on any atom is -0.507 e. The lowest BCUT2D eigenvalue weighted by Gasteiger charge is -2.12. The van der Waals surface area contributed by atoms with E-state index in [9.17, 15) is 23.1 Å². The van der Waals surface area contributed by atoms with Gasteiger partial charge in [0, 0.05) is 11.9 Å². The lowest BCUT2D eigenvalue weighted by atomic mass is 10.1. The van der Waals surface area contributed by atoms with E-state index in [-0.39, 0.29) is 17.1 Å². The molecule has 0 aliphatic heterocycles. The summed E-state index contributed by atoms with van der Waals surface area (Å²) in [6.45, 7) is 0. The van der Waals surface area contributed by atoms with Crippen LogP contribution in [0, 0.1) is 0 Å². The van der Waals surface area contributed by atoms with Crippen LogP contribution in [0.3, 0.4) is 0 Å². The molecular formula is C13H9F3N2O3. The summed E-state index contributed by atoms with van der Waals surface area (Å²) in [5.41, 5.74) is -1.44. The Labute approximate surface area is 116 Å². The molecule has 0 saturated carbocycles. The molecule has 0 amide bonds. The van der Waals surface area contributed by atoms with Crippen LogP contribution in [-0.2, 0) is 6.18 Å². The second-order valence-corrected chi connectivity index (χ2v) is 4.06. The smallest absolute Gasteiger partial charge is 0.420 e. The Morgan fingerprint density at radius 2 is 1.95 bits per heavy atom. The van der Waals surface area contributed by atoms with Crippen molar-refractivity contribution in [3.05, 3.63) is 47.7 Å². The van der Waals surface area contributed by atoms with Gasteiger partial charge in [-0.2, -0.15) is 13.2 Å². The number of nitrogens with zero attached hydrogens (tertiary/aromatic N) is 1. The van der Waals surface area contributed by atoms with E-state index in [1.54, 1.807) is 0 Å². The number of alkyl halides is 3. The van der Waals surface area contributed by atoms with Crippen LogP contribution in [0.25, 0.3) is 0 Å². The van der Waals surface area contributed by atoms with Crippen molar-refractivity contribution >= 4 is 17.5 Å². The third kappa shape index (κ3) is 3.22. The quantitative estimate of drug-likeness (QED) is 0.758. The normalized spacial score (nSPS) is 11.2. The Balaban J connectivity index is 2.40. The molecule has 0 unspecified atom stereocenters. The maximum Gasteiger partial charge on any atom is 0.420 e. The second kappa shape index (κ2) is 5.31. The lowest BCUT2D eigenvalue weighted by Crippen LogP contribution is -2.07. The van der Waals surface area contributed by atoms with Gasteiger partial charge in [-0.05, 0) is 30.3 Å². The Hall–Kier alpha value is -2.77. The zero-order chi connectivity index (χ0) is 15.6. The molecule has 2 rings (SSSR count). The fourth-order valence-electron chi connectivity index (χ4n) is 1.66. The maximum atomic E-state index is 12.7. The van der Waals surface area contributed by atoms with Gasteiger partial charge in [0.15, 0.2) is 0 Å². The molecule has 21 heavy (non-hydrogen) atoms. The molecule has 0 saturated heterocycles. The molecule has 0 radical (unpaired) electrons. The van der Waals surface area contributed by atoms with Crippen LogP contribution in [0.5, 0.6) is 5.75 Å². The molecule has 0 aliphatic rings. The van der Waals surface area contributed by atoms with Crippen molar-refractivity contribution < 1.29 is 28.2 Å². The molecule has 1 heterocycles. The van der Waals surface area contributed by atoms with Crippen LogP contribution >= 0.6 is 0 Å². The number of carboxylic acid groups (broad SMARTS) is 1. The van der Waals surface area contributed by atoms with E-state index in [1.807, 2.05) is 0 Å². The van der Waals surface area contributed by atoms with E-state index in [0.29, 0.717) is 6.07 Å². The third-order valence-corrected chi connectivity index (χ3v) is 2.60. The topological polar surface area (TPSA) is 82.5 Å². The molecule has 0 bridgehead atoms. The van der Waals surface area contributed by atoms with E-state index in [2.05, 4.69) is 10.3 Å². The maximum absolute atomic E-state index is 12.7. The van der Waals surface area contributed by atoms with Gasteiger partial charge in [-0.15, -0.1) is 0 Å². The van der Waals surface area contributed by atoms with E-state index < -0.39 is 23.5 Å². The van der Waals surface area contributed by atoms with Gasteiger partial charge in [-0.3, -0.25) is 0 Å². The molecular weight excluding hydrogens is 289 g/mol. The number of hydrogen-bond donors (Lipinski definition) is 3. The van der Waals surface area contributed by atoms with Gasteiger partial charge in [-0.1, -0.05) is 0 Å². The summed E-state index contributed by atoms with van der Waals surface area (Å²) in [6, 6.07) is 5.39. The van der Waals surface area contributed by atoms with Crippen molar-refractivity contribution in [2.45, 2.75) is 6.18 Å². The number of pyridine rings is 1. The predicted octanol–water partition coefficient (Wildman–Crippen LogP) is 3.25. The molecule has 0 aliphatic carbocycles. The average molecular weight is 298 g/mol. The lowest BCUT2D eigenvalue weighted by molar-refractivity contribution is -0.138. The Kier molecular flexibility index (Phi) is 3.70. The first kappa shape index (κ1) is 14.6. The summed E-state index contributed by atoms with van der Waals surface area (Å²) in [5.74, 6) is -2.27. The summed E-state index contributed by atoms with van der Waals surface area (Å²) in [6.07, 6.45) is -3.42. The van der Waals surface area contributed by atoms with Crippen molar-refractivity contribution in [1.82, 2.24) is 4.98 Å². The highest BCUT2D eigenvalue weighted by Gasteiger charge is 2.34. The summed E-state index contributed by atoms with van der Waals surface area (Å²) >= 11 is 0. The number of halogens is 3. The molecule has 1 aromatic heterocycles. The van der Waals surface area contributed by atoms with Crippen molar-refractivity contribution in [3.8, 4) is 5.75 Å². The van der Waals surface area contributed by atoms with E-state index >= 15 is 0 Å². The zero-order valence-corrected chi connectivity index (χ0v) is 10.3. The first-order valence-electron chi connectivity index (χ1n) is 5.64. The predicted molar refractivity (Wildman–Crippen MR) is 67.6 cm³/mol. The van der Waals surface area contributed by atoms with Crippen molar-refractivity contribution in [2.75, 3.05) is 5.32 Å². The molecule has 8 heteroatoms. The van der Waals surface area contributed by atoms with E-state index in [1.165, 1.54) is 24.4 Å². The molecule has 0 fully saturated rings. The Morgan fingerprint density at radius 3 is 2.57 bits per heavy atom. The largest absolute Gasteiger partial charge is 0.507 e. The van der Waals surface area contributed by atoms with Crippen LogP contribution in [0.2, 0.25) is 0 Å². The molecule has 5 nitrogen and oxygen atoms in total. The average Bonchev–Trinajstić information content (AvgIpc) is 2.40. The second-order valence-electron chi connectivity index (χ2n) is 4.06. The SMILES string of the molecule is O=C(O)c1cccnc1Nc1ccc(O)c(C(F)(F)F)c1. The monoisotopic (exact) mass is 298 g/mol. The standard InChI is InChI=1S/C13H9F3N2O3/c14-13(15,16)9-6-7(3-4-10(9)19)18-11-8(12(20)21)2-1-5-17-11/h1-6,19H,(H,17,18)(H,20,21). The number of carboxylic acids is 1.